The van der Waals surface area contributed by atoms with Crippen molar-refractivity contribution in [1.29, 1.82) is 0 Å². The second kappa shape index (κ2) is 6.74. The van der Waals surface area contributed by atoms with Crippen LogP contribution in [-0.4, -0.2) is 26.4 Å². The van der Waals surface area contributed by atoms with Crippen LogP contribution in [-0.2, 0) is 20.8 Å². The molecular weight excluding hydrogens is 286 g/mol. The van der Waals surface area contributed by atoms with E-state index in [4.69, 9.17) is 9.47 Å². The Morgan fingerprint density at radius 3 is 2.53 bits per heavy atom. The minimum Gasteiger partial charge on any atom is -0.348 e. The highest BCUT2D eigenvalue weighted by molar-refractivity contribution is 9.10. The summed E-state index contributed by atoms with van der Waals surface area (Å²) in [6.07, 6.45) is -0.858. The summed E-state index contributed by atoms with van der Waals surface area (Å²) in [5.41, 5.74) is 2.16. The predicted octanol–water partition coefficient (Wildman–Crippen LogP) is 1.99. The van der Waals surface area contributed by atoms with Gasteiger partial charge in [-0.05, 0) is 30.2 Å². The second-order valence-corrected chi connectivity index (χ2v) is 4.57. The standard InChI is InChI=1S/C12H16BrNO3/c1-8-4-9(6-10(13)5-8)7-14-11(15)12(16-2)17-3/h4-6,12H,7H2,1-3H3,(H,14,15). The van der Waals surface area contributed by atoms with Crippen molar-refractivity contribution in [1.82, 2.24) is 5.32 Å². The molecule has 1 aromatic carbocycles. The number of aryl methyl sites for hydroxylation is 1. The van der Waals surface area contributed by atoms with E-state index in [0.29, 0.717) is 6.54 Å². The number of carbonyl (C=O) groups excluding carboxylic acids is 1. The van der Waals surface area contributed by atoms with Crippen molar-refractivity contribution < 1.29 is 14.3 Å². The van der Waals surface area contributed by atoms with Crippen LogP contribution >= 0.6 is 15.9 Å². The Hall–Kier alpha value is -0.910. The lowest BCUT2D eigenvalue weighted by atomic mass is 10.1. The summed E-state index contributed by atoms with van der Waals surface area (Å²) in [7, 11) is 2.86. The molecule has 0 aliphatic heterocycles. The van der Waals surface area contributed by atoms with Gasteiger partial charge in [0.25, 0.3) is 5.91 Å². The van der Waals surface area contributed by atoms with Gasteiger partial charge in [0.15, 0.2) is 0 Å². The van der Waals surface area contributed by atoms with Crippen molar-refractivity contribution in [2.45, 2.75) is 19.8 Å². The molecule has 0 saturated carbocycles. The molecule has 0 aliphatic carbocycles. The molecule has 0 aliphatic rings. The fourth-order valence-corrected chi connectivity index (χ4v) is 2.15. The van der Waals surface area contributed by atoms with E-state index in [2.05, 4.69) is 21.2 Å². The van der Waals surface area contributed by atoms with Crippen LogP contribution in [0.4, 0.5) is 0 Å². The fourth-order valence-electron chi connectivity index (χ4n) is 1.50. The Labute approximate surface area is 109 Å². The second-order valence-electron chi connectivity index (χ2n) is 3.66. The van der Waals surface area contributed by atoms with Crippen LogP contribution in [0.15, 0.2) is 22.7 Å². The number of ether oxygens (including phenoxy) is 2. The van der Waals surface area contributed by atoms with Crippen molar-refractivity contribution in [3.8, 4) is 0 Å². The van der Waals surface area contributed by atoms with Crippen LogP contribution in [0.25, 0.3) is 0 Å². The lowest BCUT2D eigenvalue weighted by molar-refractivity contribution is -0.159. The molecule has 0 radical (unpaired) electrons. The lowest BCUT2D eigenvalue weighted by Crippen LogP contribution is -2.36. The molecule has 0 fully saturated rings. The molecule has 1 N–H and O–H groups in total. The van der Waals surface area contributed by atoms with Gasteiger partial charge in [-0.3, -0.25) is 4.79 Å². The maximum atomic E-state index is 11.6. The Bertz CT molecular complexity index is 371. The zero-order valence-electron chi connectivity index (χ0n) is 10.1. The third-order valence-electron chi connectivity index (χ3n) is 2.21. The Morgan fingerprint density at radius 2 is 2.00 bits per heavy atom. The summed E-state index contributed by atoms with van der Waals surface area (Å²) in [4.78, 5) is 11.6. The van der Waals surface area contributed by atoms with Crippen LogP contribution in [0, 0.1) is 6.92 Å². The summed E-state index contributed by atoms with van der Waals surface area (Å²) in [6.45, 7) is 2.45. The number of carbonyl (C=O) groups is 1. The first-order valence-electron chi connectivity index (χ1n) is 5.16. The maximum absolute atomic E-state index is 11.6. The van der Waals surface area contributed by atoms with Crippen LogP contribution in [0.2, 0.25) is 0 Å². The fraction of sp³-hybridized carbons (Fsp3) is 0.417. The highest BCUT2D eigenvalue weighted by Gasteiger charge is 2.15. The minimum atomic E-state index is -0.858. The summed E-state index contributed by atoms with van der Waals surface area (Å²) in [5, 5.41) is 2.75. The van der Waals surface area contributed by atoms with Crippen molar-refractivity contribution in [3.05, 3.63) is 33.8 Å². The van der Waals surface area contributed by atoms with Gasteiger partial charge in [-0.2, -0.15) is 0 Å². The molecule has 0 saturated heterocycles. The zero-order valence-corrected chi connectivity index (χ0v) is 11.7. The molecule has 1 rings (SSSR count). The van der Waals surface area contributed by atoms with Crippen LogP contribution < -0.4 is 5.32 Å². The van der Waals surface area contributed by atoms with E-state index in [1.54, 1.807) is 0 Å². The zero-order chi connectivity index (χ0) is 12.8. The topological polar surface area (TPSA) is 47.6 Å². The number of benzene rings is 1. The predicted molar refractivity (Wildman–Crippen MR) is 68.5 cm³/mol. The summed E-state index contributed by atoms with van der Waals surface area (Å²) < 4.78 is 10.7. The molecule has 0 aromatic heterocycles. The molecule has 4 nitrogen and oxygen atoms in total. The van der Waals surface area contributed by atoms with Gasteiger partial charge in [-0.1, -0.05) is 22.0 Å². The van der Waals surface area contributed by atoms with E-state index >= 15 is 0 Å². The van der Waals surface area contributed by atoms with Gasteiger partial charge in [-0.15, -0.1) is 0 Å². The van der Waals surface area contributed by atoms with Gasteiger partial charge in [-0.25, -0.2) is 0 Å². The Kier molecular flexibility index (Phi) is 5.61. The monoisotopic (exact) mass is 301 g/mol. The normalized spacial score (nSPS) is 10.6. The van der Waals surface area contributed by atoms with Crippen molar-refractivity contribution >= 4 is 21.8 Å². The third-order valence-corrected chi connectivity index (χ3v) is 2.67. The lowest BCUT2D eigenvalue weighted by Gasteiger charge is -2.13. The van der Waals surface area contributed by atoms with Gasteiger partial charge < -0.3 is 14.8 Å². The average molecular weight is 302 g/mol. The highest BCUT2D eigenvalue weighted by atomic mass is 79.9. The van der Waals surface area contributed by atoms with Gasteiger partial charge >= 0.3 is 0 Å². The first-order valence-corrected chi connectivity index (χ1v) is 5.95. The molecule has 94 valence electrons. The van der Waals surface area contributed by atoms with Crippen molar-refractivity contribution in [2.24, 2.45) is 0 Å². The SMILES string of the molecule is COC(OC)C(=O)NCc1cc(C)cc(Br)c1. The van der Waals surface area contributed by atoms with E-state index in [9.17, 15) is 4.79 Å². The third kappa shape index (κ3) is 4.46. The largest absolute Gasteiger partial charge is 0.348 e. The molecule has 1 aromatic rings. The molecule has 0 heterocycles. The van der Waals surface area contributed by atoms with Crippen molar-refractivity contribution in [2.75, 3.05) is 14.2 Å². The van der Waals surface area contributed by atoms with Crippen LogP contribution in [0.1, 0.15) is 11.1 Å². The number of hydrogen-bond donors (Lipinski definition) is 1. The quantitative estimate of drug-likeness (QED) is 0.846. The van der Waals surface area contributed by atoms with Gasteiger partial charge in [0, 0.05) is 25.2 Å². The average Bonchev–Trinajstić information content (AvgIpc) is 2.27. The summed E-state index contributed by atoms with van der Waals surface area (Å²) in [6, 6.07) is 5.99. The van der Waals surface area contributed by atoms with Crippen LogP contribution in [0.5, 0.6) is 0 Å². The molecule has 0 atom stereocenters. The number of amides is 1. The molecule has 5 heteroatoms. The van der Waals surface area contributed by atoms with E-state index in [-0.39, 0.29) is 5.91 Å². The van der Waals surface area contributed by atoms with E-state index in [1.165, 1.54) is 14.2 Å². The molecule has 17 heavy (non-hydrogen) atoms. The number of hydrogen-bond acceptors (Lipinski definition) is 3. The molecule has 0 spiro atoms. The first-order chi connectivity index (χ1) is 8.06. The Balaban J connectivity index is 2.58. The van der Waals surface area contributed by atoms with E-state index in [0.717, 1.165) is 15.6 Å². The molecular formula is C12H16BrNO3. The highest BCUT2D eigenvalue weighted by Crippen LogP contribution is 2.15. The van der Waals surface area contributed by atoms with Crippen molar-refractivity contribution in [3.63, 3.8) is 0 Å². The van der Waals surface area contributed by atoms with Crippen LogP contribution in [0.3, 0.4) is 0 Å². The Morgan fingerprint density at radius 1 is 1.35 bits per heavy atom. The van der Waals surface area contributed by atoms with Gasteiger partial charge in [0.05, 0.1) is 0 Å². The first kappa shape index (κ1) is 14.2. The summed E-state index contributed by atoms with van der Waals surface area (Å²) >= 11 is 3.41. The smallest absolute Gasteiger partial charge is 0.277 e. The van der Waals surface area contributed by atoms with E-state index in [1.807, 2.05) is 25.1 Å². The molecule has 0 unspecified atom stereocenters. The molecule has 1 amide bonds. The minimum absolute atomic E-state index is 0.285. The number of rotatable bonds is 5. The van der Waals surface area contributed by atoms with Gasteiger partial charge in [0.2, 0.25) is 6.29 Å². The number of halogens is 1. The number of methoxy groups -OCH3 is 2. The van der Waals surface area contributed by atoms with Gasteiger partial charge in [0.1, 0.15) is 0 Å². The molecule has 0 bridgehead atoms. The number of nitrogens with one attached hydrogen (secondary N) is 1. The maximum Gasteiger partial charge on any atom is 0.277 e. The van der Waals surface area contributed by atoms with E-state index < -0.39 is 6.29 Å². The summed E-state index contributed by atoms with van der Waals surface area (Å²) in [5.74, 6) is -0.285.